The van der Waals surface area contributed by atoms with E-state index in [1.807, 2.05) is 39.9 Å². The fourth-order valence-corrected chi connectivity index (χ4v) is 4.39. The Hall–Kier alpha value is -2.54. The summed E-state index contributed by atoms with van der Waals surface area (Å²) < 4.78 is 5.79. The van der Waals surface area contributed by atoms with E-state index in [2.05, 4.69) is 16.7 Å². The van der Waals surface area contributed by atoms with E-state index in [0.29, 0.717) is 37.7 Å². The molecule has 1 atom stereocenters. The van der Waals surface area contributed by atoms with Gasteiger partial charge in [0.05, 0.1) is 6.61 Å². The zero-order valence-electron chi connectivity index (χ0n) is 15.7. The Morgan fingerprint density at radius 2 is 2.00 bits per heavy atom. The monoisotopic (exact) mass is 399 g/mol. The van der Waals surface area contributed by atoms with Gasteiger partial charge in [-0.2, -0.15) is 11.3 Å². The summed E-state index contributed by atoms with van der Waals surface area (Å²) in [5.41, 5.74) is 1.91. The first-order chi connectivity index (χ1) is 13.7. The van der Waals surface area contributed by atoms with Crippen LogP contribution >= 0.6 is 11.3 Å². The summed E-state index contributed by atoms with van der Waals surface area (Å²) in [7, 11) is 0. The number of urea groups is 1. The van der Waals surface area contributed by atoms with Crippen LogP contribution in [0, 0.1) is 5.92 Å². The Bertz CT molecular complexity index is 816. The number of hydrogen-bond donors (Lipinski definition) is 2. The summed E-state index contributed by atoms with van der Waals surface area (Å²) in [4.78, 5) is 26.5. The molecule has 3 heterocycles. The van der Waals surface area contributed by atoms with E-state index < -0.39 is 0 Å². The number of likely N-dealkylation sites (tertiary alicyclic amines) is 1. The van der Waals surface area contributed by atoms with Gasteiger partial charge < -0.3 is 20.3 Å². The molecule has 1 saturated heterocycles. The van der Waals surface area contributed by atoms with E-state index in [0.717, 1.165) is 25.0 Å². The molecule has 0 aliphatic carbocycles. The van der Waals surface area contributed by atoms with Crippen molar-refractivity contribution in [1.29, 1.82) is 0 Å². The number of fused-ring (bicyclic) bond motifs is 1. The molecule has 0 radical (unpaired) electrons. The Kier molecular flexibility index (Phi) is 5.81. The number of para-hydroxylation sites is 1. The highest BCUT2D eigenvalue weighted by atomic mass is 32.1. The van der Waals surface area contributed by atoms with Gasteiger partial charge in [0.15, 0.2) is 0 Å². The predicted molar refractivity (Wildman–Crippen MR) is 109 cm³/mol. The standard InChI is InChI=1S/C21H25N3O3S/c25-20(17-7-10-28-14-17)23-18-5-8-24(9-6-18)21(26)22-12-15-11-16-3-1-2-4-19(16)27-13-15/h1-4,7,10,14-15,18H,5-6,8-9,11-13H2,(H,22,26)(H,23,25). The Labute approximate surface area is 168 Å². The summed E-state index contributed by atoms with van der Waals surface area (Å²) >= 11 is 1.52. The Morgan fingerprint density at radius 1 is 1.18 bits per heavy atom. The third-order valence-electron chi connectivity index (χ3n) is 5.40. The first-order valence-corrected chi connectivity index (χ1v) is 10.7. The van der Waals surface area contributed by atoms with Gasteiger partial charge in [0.2, 0.25) is 0 Å². The van der Waals surface area contributed by atoms with Crippen LogP contribution in [0.3, 0.4) is 0 Å². The van der Waals surface area contributed by atoms with E-state index in [1.54, 1.807) is 0 Å². The quantitative estimate of drug-likeness (QED) is 0.831. The second-order valence-corrected chi connectivity index (χ2v) is 8.20. The molecule has 6 nitrogen and oxygen atoms in total. The second kappa shape index (κ2) is 8.65. The van der Waals surface area contributed by atoms with Crippen LogP contribution in [0.1, 0.15) is 28.8 Å². The number of ether oxygens (including phenoxy) is 1. The molecule has 2 aromatic rings. The van der Waals surface area contributed by atoms with Crippen molar-refractivity contribution in [3.05, 3.63) is 52.2 Å². The molecule has 7 heteroatoms. The molecule has 0 spiro atoms. The number of carbonyl (C=O) groups excluding carboxylic acids is 2. The lowest BCUT2D eigenvalue weighted by molar-refractivity contribution is 0.0918. The molecule has 4 rings (SSSR count). The van der Waals surface area contributed by atoms with Gasteiger partial charge >= 0.3 is 6.03 Å². The van der Waals surface area contributed by atoms with E-state index in [1.165, 1.54) is 16.9 Å². The molecule has 28 heavy (non-hydrogen) atoms. The molecule has 1 unspecified atom stereocenters. The number of piperidine rings is 1. The molecule has 1 aromatic carbocycles. The van der Waals surface area contributed by atoms with Crippen LogP contribution in [-0.4, -0.2) is 49.1 Å². The zero-order valence-corrected chi connectivity index (χ0v) is 16.5. The van der Waals surface area contributed by atoms with Gasteiger partial charge in [-0.1, -0.05) is 18.2 Å². The lowest BCUT2D eigenvalue weighted by Crippen LogP contribution is -2.50. The lowest BCUT2D eigenvalue weighted by Gasteiger charge is -2.33. The molecule has 1 fully saturated rings. The average Bonchev–Trinajstić information content (AvgIpc) is 3.27. The van der Waals surface area contributed by atoms with E-state index in [-0.39, 0.29) is 18.0 Å². The van der Waals surface area contributed by atoms with Crippen LogP contribution in [-0.2, 0) is 6.42 Å². The fraction of sp³-hybridized carbons (Fsp3) is 0.429. The Morgan fingerprint density at radius 3 is 2.79 bits per heavy atom. The molecule has 3 amide bonds. The average molecular weight is 400 g/mol. The number of rotatable bonds is 4. The molecule has 2 aliphatic heterocycles. The van der Waals surface area contributed by atoms with Crippen molar-refractivity contribution < 1.29 is 14.3 Å². The number of hydrogen-bond acceptors (Lipinski definition) is 4. The second-order valence-electron chi connectivity index (χ2n) is 7.42. The van der Waals surface area contributed by atoms with Crippen molar-refractivity contribution in [2.24, 2.45) is 5.92 Å². The highest BCUT2D eigenvalue weighted by molar-refractivity contribution is 7.08. The van der Waals surface area contributed by atoms with Crippen molar-refractivity contribution >= 4 is 23.3 Å². The molecule has 2 aliphatic rings. The highest BCUT2D eigenvalue weighted by Gasteiger charge is 2.25. The minimum atomic E-state index is -0.0264. The van der Waals surface area contributed by atoms with Gasteiger partial charge in [-0.05, 0) is 42.3 Å². The van der Waals surface area contributed by atoms with Gasteiger partial charge in [0.1, 0.15) is 5.75 Å². The molecule has 148 valence electrons. The van der Waals surface area contributed by atoms with Gasteiger partial charge in [-0.15, -0.1) is 0 Å². The molecular weight excluding hydrogens is 374 g/mol. The van der Waals surface area contributed by atoms with Crippen molar-refractivity contribution in [2.75, 3.05) is 26.2 Å². The first kappa shape index (κ1) is 18.8. The zero-order chi connectivity index (χ0) is 19.3. The van der Waals surface area contributed by atoms with Crippen LogP contribution in [0.4, 0.5) is 4.79 Å². The maximum Gasteiger partial charge on any atom is 0.317 e. The third kappa shape index (κ3) is 4.47. The van der Waals surface area contributed by atoms with Crippen LogP contribution in [0.2, 0.25) is 0 Å². The van der Waals surface area contributed by atoms with Crippen molar-refractivity contribution in [2.45, 2.75) is 25.3 Å². The summed E-state index contributed by atoms with van der Waals surface area (Å²) in [6.45, 7) is 2.56. The van der Waals surface area contributed by atoms with Crippen LogP contribution in [0.15, 0.2) is 41.1 Å². The molecule has 0 saturated carbocycles. The topological polar surface area (TPSA) is 70.7 Å². The lowest BCUT2D eigenvalue weighted by atomic mass is 9.97. The molecule has 1 aromatic heterocycles. The summed E-state index contributed by atoms with van der Waals surface area (Å²) in [5.74, 6) is 1.22. The van der Waals surface area contributed by atoms with E-state index in [4.69, 9.17) is 4.74 Å². The highest BCUT2D eigenvalue weighted by Crippen LogP contribution is 2.26. The molecular formula is C21H25N3O3S. The number of carbonyl (C=O) groups is 2. The fourth-order valence-electron chi connectivity index (χ4n) is 3.75. The number of benzene rings is 1. The maximum absolute atomic E-state index is 12.5. The minimum Gasteiger partial charge on any atom is -0.493 e. The molecule has 2 N–H and O–H groups in total. The number of amides is 3. The maximum atomic E-state index is 12.5. The summed E-state index contributed by atoms with van der Waals surface area (Å²) in [6.07, 6.45) is 2.49. The predicted octanol–water partition coefficient (Wildman–Crippen LogP) is 2.90. The smallest absolute Gasteiger partial charge is 0.317 e. The van der Waals surface area contributed by atoms with Gasteiger partial charge in [-0.25, -0.2) is 4.79 Å². The van der Waals surface area contributed by atoms with E-state index in [9.17, 15) is 9.59 Å². The number of thiophene rings is 1. The van der Waals surface area contributed by atoms with Gasteiger partial charge in [0, 0.05) is 42.5 Å². The van der Waals surface area contributed by atoms with Crippen molar-refractivity contribution in [3.8, 4) is 5.75 Å². The molecule has 0 bridgehead atoms. The van der Waals surface area contributed by atoms with Gasteiger partial charge in [0.25, 0.3) is 5.91 Å². The van der Waals surface area contributed by atoms with E-state index >= 15 is 0 Å². The normalized spacial score (nSPS) is 19.4. The van der Waals surface area contributed by atoms with Crippen molar-refractivity contribution in [1.82, 2.24) is 15.5 Å². The Balaban J connectivity index is 1.19. The third-order valence-corrected chi connectivity index (χ3v) is 6.08. The summed E-state index contributed by atoms with van der Waals surface area (Å²) in [6, 6.07) is 10.00. The minimum absolute atomic E-state index is 0.0262. The van der Waals surface area contributed by atoms with Crippen LogP contribution in [0.5, 0.6) is 5.75 Å². The summed E-state index contributed by atoms with van der Waals surface area (Å²) in [5, 5.41) is 9.87. The first-order valence-electron chi connectivity index (χ1n) is 9.75. The van der Waals surface area contributed by atoms with Gasteiger partial charge in [-0.3, -0.25) is 4.79 Å². The number of nitrogens with one attached hydrogen (secondary N) is 2. The van der Waals surface area contributed by atoms with Crippen LogP contribution < -0.4 is 15.4 Å². The van der Waals surface area contributed by atoms with Crippen LogP contribution in [0.25, 0.3) is 0 Å². The largest absolute Gasteiger partial charge is 0.493 e. The van der Waals surface area contributed by atoms with Crippen molar-refractivity contribution in [3.63, 3.8) is 0 Å². The SMILES string of the molecule is O=C(NC1CCN(C(=O)NCC2COc3ccccc3C2)CC1)c1ccsc1. The number of nitrogens with zero attached hydrogens (tertiary/aromatic N) is 1.